The number of sulfonamides is 1. The lowest BCUT2D eigenvalue weighted by Gasteiger charge is -2.18. The molecule has 0 aliphatic rings. The lowest BCUT2D eigenvalue weighted by molar-refractivity contribution is 0.475. The lowest BCUT2D eigenvalue weighted by Crippen LogP contribution is -2.23. The highest BCUT2D eigenvalue weighted by molar-refractivity contribution is 7.89. The van der Waals surface area contributed by atoms with Crippen LogP contribution in [0.1, 0.15) is 39.9 Å². The standard InChI is InChI=1S/C9H18N4O2S/c1-5-6-13-7(9(2,3)4)11-12-8(13)16(10,14)15/h5-6H2,1-4H3,(H2,10,14,15). The number of nitrogens with two attached hydrogens (primary N) is 1. The maximum absolute atomic E-state index is 11.3. The number of primary sulfonamides is 1. The van der Waals surface area contributed by atoms with Gasteiger partial charge in [0.1, 0.15) is 5.82 Å². The van der Waals surface area contributed by atoms with E-state index in [2.05, 4.69) is 10.2 Å². The van der Waals surface area contributed by atoms with Gasteiger partial charge >= 0.3 is 0 Å². The third kappa shape index (κ3) is 2.59. The molecular formula is C9H18N4O2S. The summed E-state index contributed by atoms with van der Waals surface area (Å²) >= 11 is 0. The van der Waals surface area contributed by atoms with E-state index in [1.807, 2.05) is 27.7 Å². The Labute approximate surface area is 95.9 Å². The fourth-order valence-corrected chi connectivity index (χ4v) is 2.12. The van der Waals surface area contributed by atoms with Crippen molar-refractivity contribution < 1.29 is 8.42 Å². The molecule has 2 N–H and O–H groups in total. The SMILES string of the molecule is CCCn1c(C(C)(C)C)nnc1S(N)(=O)=O. The Balaban J connectivity index is 3.40. The first-order valence-electron chi connectivity index (χ1n) is 5.14. The van der Waals surface area contributed by atoms with Crippen LogP contribution in [0.2, 0.25) is 0 Å². The maximum Gasteiger partial charge on any atom is 0.273 e. The van der Waals surface area contributed by atoms with Crippen molar-refractivity contribution in [2.45, 2.75) is 51.2 Å². The van der Waals surface area contributed by atoms with E-state index in [-0.39, 0.29) is 10.6 Å². The average molecular weight is 246 g/mol. The van der Waals surface area contributed by atoms with Crippen LogP contribution in [0, 0.1) is 0 Å². The monoisotopic (exact) mass is 246 g/mol. The molecule has 0 amide bonds. The zero-order valence-corrected chi connectivity index (χ0v) is 10.9. The number of nitrogens with zero attached hydrogens (tertiary/aromatic N) is 3. The zero-order valence-electron chi connectivity index (χ0n) is 10.1. The summed E-state index contributed by atoms with van der Waals surface area (Å²) in [5, 5.41) is 12.5. The van der Waals surface area contributed by atoms with Crippen LogP contribution in [0.5, 0.6) is 0 Å². The van der Waals surface area contributed by atoms with E-state index in [0.717, 1.165) is 6.42 Å². The molecule has 16 heavy (non-hydrogen) atoms. The first-order valence-corrected chi connectivity index (χ1v) is 6.69. The van der Waals surface area contributed by atoms with Gasteiger partial charge in [-0.2, -0.15) is 0 Å². The first kappa shape index (κ1) is 13.1. The summed E-state index contributed by atoms with van der Waals surface area (Å²) in [4.78, 5) is 0. The highest BCUT2D eigenvalue weighted by Crippen LogP contribution is 2.22. The minimum Gasteiger partial charge on any atom is -0.300 e. The van der Waals surface area contributed by atoms with Crippen molar-refractivity contribution >= 4 is 10.0 Å². The fourth-order valence-electron chi connectivity index (χ4n) is 1.48. The molecule has 0 saturated carbocycles. The molecule has 6 nitrogen and oxygen atoms in total. The second-order valence-corrected chi connectivity index (χ2v) is 6.21. The summed E-state index contributed by atoms with van der Waals surface area (Å²) in [6.07, 6.45) is 0.795. The van der Waals surface area contributed by atoms with Crippen LogP contribution in [0.15, 0.2) is 5.16 Å². The summed E-state index contributed by atoms with van der Waals surface area (Å²) in [6, 6.07) is 0. The minimum atomic E-state index is -3.81. The van der Waals surface area contributed by atoms with Crippen LogP contribution in [-0.2, 0) is 22.0 Å². The summed E-state index contributed by atoms with van der Waals surface area (Å²) in [5.41, 5.74) is -0.259. The third-order valence-electron chi connectivity index (χ3n) is 2.09. The van der Waals surface area contributed by atoms with Gasteiger partial charge in [0.25, 0.3) is 15.2 Å². The van der Waals surface area contributed by atoms with Crippen molar-refractivity contribution in [3.63, 3.8) is 0 Å². The van der Waals surface area contributed by atoms with Crippen molar-refractivity contribution in [2.75, 3.05) is 0 Å². The Morgan fingerprint density at radius 3 is 2.25 bits per heavy atom. The van der Waals surface area contributed by atoms with Crippen LogP contribution in [0.4, 0.5) is 0 Å². The largest absolute Gasteiger partial charge is 0.300 e. The second kappa shape index (κ2) is 4.14. The van der Waals surface area contributed by atoms with Gasteiger partial charge in [-0.3, -0.25) is 0 Å². The van der Waals surface area contributed by atoms with E-state index in [1.165, 1.54) is 0 Å². The molecular weight excluding hydrogens is 228 g/mol. The molecule has 92 valence electrons. The van der Waals surface area contributed by atoms with E-state index in [9.17, 15) is 8.42 Å². The van der Waals surface area contributed by atoms with Gasteiger partial charge in [-0.15, -0.1) is 10.2 Å². The van der Waals surface area contributed by atoms with Crippen LogP contribution < -0.4 is 5.14 Å². The molecule has 0 radical (unpaired) electrons. The molecule has 0 fully saturated rings. The Morgan fingerprint density at radius 1 is 1.31 bits per heavy atom. The van der Waals surface area contributed by atoms with Gasteiger partial charge in [-0.05, 0) is 6.42 Å². The number of hydrogen-bond acceptors (Lipinski definition) is 4. The molecule has 0 bridgehead atoms. The Morgan fingerprint density at radius 2 is 1.88 bits per heavy atom. The van der Waals surface area contributed by atoms with Crippen LogP contribution >= 0.6 is 0 Å². The molecule has 0 spiro atoms. The molecule has 1 aromatic rings. The molecule has 0 saturated heterocycles. The summed E-state index contributed by atoms with van der Waals surface area (Å²) in [7, 11) is -3.81. The normalized spacial score (nSPS) is 13.1. The van der Waals surface area contributed by atoms with Gasteiger partial charge in [0.15, 0.2) is 0 Å². The van der Waals surface area contributed by atoms with E-state index < -0.39 is 10.0 Å². The van der Waals surface area contributed by atoms with E-state index >= 15 is 0 Å². The highest BCUT2D eigenvalue weighted by atomic mass is 32.2. The molecule has 0 atom stereocenters. The quantitative estimate of drug-likeness (QED) is 0.847. The lowest BCUT2D eigenvalue weighted by atomic mass is 9.96. The topological polar surface area (TPSA) is 90.9 Å². The molecule has 0 aliphatic heterocycles. The summed E-state index contributed by atoms with van der Waals surface area (Å²) in [5.74, 6) is 0.637. The number of hydrogen-bond donors (Lipinski definition) is 1. The highest BCUT2D eigenvalue weighted by Gasteiger charge is 2.27. The third-order valence-corrected chi connectivity index (χ3v) is 2.90. The van der Waals surface area contributed by atoms with Crippen molar-refractivity contribution in [1.82, 2.24) is 14.8 Å². The Kier molecular flexibility index (Phi) is 3.39. The van der Waals surface area contributed by atoms with Gasteiger partial charge in [-0.25, -0.2) is 13.6 Å². The smallest absolute Gasteiger partial charge is 0.273 e. The van der Waals surface area contributed by atoms with E-state index in [0.29, 0.717) is 12.4 Å². The van der Waals surface area contributed by atoms with E-state index in [1.54, 1.807) is 4.57 Å². The van der Waals surface area contributed by atoms with Gasteiger partial charge in [0.2, 0.25) is 0 Å². The van der Waals surface area contributed by atoms with E-state index in [4.69, 9.17) is 5.14 Å². The van der Waals surface area contributed by atoms with Crippen molar-refractivity contribution in [3.05, 3.63) is 5.82 Å². The van der Waals surface area contributed by atoms with Crippen molar-refractivity contribution in [1.29, 1.82) is 0 Å². The molecule has 1 aromatic heterocycles. The van der Waals surface area contributed by atoms with Gasteiger partial charge < -0.3 is 4.57 Å². The van der Waals surface area contributed by atoms with Gasteiger partial charge in [0, 0.05) is 12.0 Å². The van der Waals surface area contributed by atoms with Crippen LogP contribution in [0.25, 0.3) is 0 Å². The summed E-state index contributed by atoms with van der Waals surface area (Å²) in [6.45, 7) is 8.37. The molecule has 0 aromatic carbocycles. The maximum atomic E-state index is 11.3. The van der Waals surface area contributed by atoms with Crippen LogP contribution in [0.3, 0.4) is 0 Å². The predicted octanol–water partition coefficient (Wildman–Crippen LogP) is 0.633. The first-order chi connectivity index (χ1) is 7.18. The zero-order chi connectivity index (χ0) is 12.6. The molecule has 7 heteroatoms. The van der Waals surface area contributed by atoms with Crippen molar-refractivity contribution in [2.24, 2.45) is 5.14 Å². The number of rotatable bonds is 3. The molecule has 0 unspecified atom stereocenters. The summed E-state index contributed by atoms with van der Waals surface area (Å²) < 4.78 is 24.2. The number of aromatic nitrogens is 3. The fraction of sp³-hybridized carbons (Fsp3) is 0.778. The van der Waals surface area contributed by atoms with Gasteiger partial charge in [0.05, 0.1) is 0 Å². The minimum absolute atomic E-state index is 0.153. The van der Waals surface area contributed by atoms with Crippen LogP contribution in [-0.4, -0.2) is 23.2 Å². The Hall–Kier alpha value is -0.950. The second-order valence-electron chi connectivity index (χ2n) is 4.75. The molecule has 1 rings (SSSR count). The molecule has 0 aliphatic carbocycles. The van der Waals surface area contributed by atoms with Gasteiger partial charge in [-0.1, -0.05) is 27.7 Å². The average Bonchev–Trinajstić information content (AvgIpc) is 2.46. The van der Waals surface area contributed by atoms with Crippen molar-refractivity contribution in [3.8, 4) is 0 Å². The predicted molar refractivity (Wildman–Crippen MR) is 60.4 cm³/mol. The Bertz CT molecular complexity index is 470. The molecule has 1 heterocycles.